The highest BCUT2D eigenvalue weighted by Gasteiger charge is 2.16. The second kappa shape index (κ2) is 10.8. The van der Waals surface area contributed by atoms with E-state index in [1.807, 2.05) is 0 Å². The van der Waals surface area contributed by atoms with Crippen LogP contribution in [0.2, 0.25) is 0 Å². The van der Waals surface area contributed by atoms with E-state index in [0.29, 0.717) is 11.4 Å². The first-order chi connectivity index (χ1) is 16.6. The van der Waals surface area contributed by atoms with Gasteiger partial charge in [-0.05, 0) is 97.1 Å². The zero-order valence-electron chi connectivity index (χ0n) is 17.9. The van der Waals surface area contributed by atoms with Crippen molar-refractivity contribution in [2.75, 3.05) is 9.44 Å². The molecule has 180 valence electrons. The first-order valence-electron chi connectivity index (χ1n) is 10.1. The van der Waals surface area contributed by atoms with Gasteiger partial charge in [0, 0.05) is 30.1 Å². The summed E-state index contributed by atoms with van der Waals surface area (Å²) in [5.41, 5.74) is 0.938. The molecule has 0 fully saturated rings. The molecule has 0 bridgehead atoms. The van der Waals surface area contributed by atoms with E-state index >= 15 is 0 Å². The van der Waals surface area contributed by atoms with Crippen molar-refractivity contribution in [2.45, 2.75) is 19.6 Å². The van der Waals surface area contributed by atoms with Crippen LogP contribution in [0.25, 0.3) is 0 Å². The Labute approximate surface area is 225 Å². The number of halogens is 2. The fraction of sp³-hybridized carbons (Fsp3) is 0. The van der Waals surface area contributed by atoms with Crippen LogP contribution in [0.1, 0.15) is 0 Å². The molecule has 0 amide bonds. The Morgan fingerprint density at radius 2 is 0.800 bits per heavy atom. The summed E-state index contributed by atoms with van der Waals surface area (Å²) in [5, 5.41) is 0. The van der Waals surface area contributed by atoms with Crippen LogP contribution in [-0.2, 0) is 20.0 Å². The number of hydrogen-bond donors (Lipinski definition) is 2. The van der Waals surface area contributed by atoms with E-state index in [0.717, 1.165) is 18.7 Å². The SMILES string of the molecule is O=S(=O)(Nc1ccc(Br)cc1)c1ccc(Sc2ccc(S(=O)(=O)Nc3ccc(Br)cc3)cc2)cc1. The highest BCUT2D eigenvalue weighted by atomic mass is 79.9. The van der Waals surface area contributed by atoms with Crippen LogP contribution in [0.5, 0.6) is 0 Å². The van der Waals surface area contributed by atoms with Gasteiger partial charge in [-0.2, -0.15) is 0 Å². The largest absolute Gasteiger partial charge is 0.280 e. The summed E-state index contributed by atoms with van der Waals surface area (Å²) in [4.78, 5) is 1.92. The van der Waals surface area contributed by atoms with Gasteiger partial charge >= 0.3 is 0 Å². The summed E-state index contributed by atoms with van der Waals surface area (Å²) in [6, 6.07) is 26.7. The van der Waals surface area contributed by atoms with Gasteiger partial charge in [-0.15, -0.1) is 0 Å². The van der Waals surface area contributed by atoms with Gasteiger partial charge in [-0.3, -0.25) is 9.44 Å². The Hall–Kier alpha value is -2.31. The maximum atomic E-state index is 12.6. The third kappa shape index (κ3) is 6.89. The molecular weight excluding hydrogens is 636 g/mol. The molecule has 4 aromatic carbocycles. The van der Waals surface area contributed by atoms with Gasteiger partial charge < -0.3 is 0 Å². The van der Waals surface area contributed by atoms with E-state index in [2.05, 4.69) is 41.3 Å². The number of anilines is 2. The molecule has 11 heteroatoms. The van der Waals surface area contributed by atoms with E-state index in [1.54, 1.807) is 72.8 Å². The second-order valence-electron chi connectivity index (χ2n) is 7.27. The predicted molar refractivity (Wildman–Crippen MR) is 147 cm³/mol. The molecule has 0 saturated carbocycles. The van der Waals surface area contributed by atoms with E-state index in [1.165, 1.54) is 36.0 Å². The average molecular weight is 654 g/mol. The summed E-state index contributed by atoms with van der Waals surface area (Å²) in [5.74, 6) is 0. The summed E-state index contributed by atoms with van der Waals surface area (Å²) in [6.07, 6.45) is 0. The molecule has 0 atom stereocenters. The number of hydrogen-bond acceptors (Lipinski definition) is 5. The lowest BCUT2D eigenvalue weighted by atomic mass is 10.3. The first-order valence-corrected chi connectivity index (χ1v) is 15.4. The van der Waals surface area contributed by atoms with Crippen molar-refractivity contribution in [3.63, 3.8) is 0 Å². The molecule has 2 N–H and O–H groups in total. The van der Waals surface area contributed by atoms with Crippen LogP contribution < -0.4 is 9.44 Å². The third-order valence-electron chi connectivity index (χ3n) is 4.70. The molecule has 4 aromatic rings. The van der Waals surface area contributed by atoms with Crippen molar-refractivity contribution in [3.05, 3.63) is 106 Å². The molecule has 0 aliphatic carbocycles. The highest BCUT2D eigenvalue weighted by Crippen LogP contribution is 2.30. The maximum absolute atomic E-state index is 12.6. The molecule has 0 aliphatic rings. The Kier molecular flexibility index (Phi) is 7.92. The van der Waals surface area contributed by atoms with Crippen molar-refractivity contribution in [3.8, 4) is 0 Å². The third-order valence-corrected chi connectivity index (χ3v) is 9.56. The molecule has 0 unspecified atom stereocenters. The minimum Gasteiger partial charge on any atom is -0.280 e. The van der Waals surface area contributed by atoms with E-state index in [-0.39, 0.29) is 9.79 Å². The minimum absolute atomic E-state index is 0.144. The minimum atomic E-state index is -3.72. The van der Waals surface area contributed by atoms with Crippen molar-refractivity contribution >= 4 is 75.0 Å². The standard InChI is InChI=1S/C24H18Br2N2O4S3/c25-17-1-5-19(6-2-17)27-34(29,30)23-13-9-21(10-14-23)33-22-11-15-24(16-12-22)35(31,32)28-20-7-3-18(26)4-8-20/h1-16,27-28H. The average Bonchev–Trinajstić information content (AvgIpc) is 2.82. The molecule has 0 aliphatic heterocycles. The fourth-order valence-corrected chi connectivity index (χ4v) is 6.44. The predicted octanol–water partition coefficient (Wildman–Crippen LogP) is 6.96. The van der Waals surface area contributed by atoms with Gasteiger partial charge in [0.2, 0.25) is 0 Å². The Balaban J connectivity index is 1.42. The van der Waals surface area contributed by atoms with Crippen LogP contribution in [0.3, 0.4) is 0 Å². The fourth-order valence-electron chi connectivity index (χ4n) is 2.97. The van der Waals surface area contributed by atoms with Crippen molar-refractivity contribution in [1.82, 2.24) is 0 Å². The summed E-state index contributed by atoms with van der Waals surface area (Å²) in [7, 11) is -7.43. The molecule has 0 saturated heterocycles. The lowest BCUT2D eigenvalue weighted by Crippen LogP contribution is -2.12. The molecule has 0 heterocycles. The van der Waals surface area contributed by atoms with Gasteiger partial charge in [0.25, 0.3) is 20.0 Å². The maximum Gasteiger partial charge on any atom is 0.261 e. The van der Waals surface area contributed by atoms with Crippen molar-refractivity contribution in [2.24, 2.45) is 0 Å². The first kappa shape index (κ1) is 25.8. The van der Waals surface area contributed by atoms with Gasteiger partial charge in [0.15, 0.2) is 0 Å². The lowest BCUT2D eigenvalue weighted by Gasteiger charge is -2.10. The number of benzene rings is 4. The van der Waals surface area contributed by atoms with Crippen LogP contribution in [0, 0.1) is 0 Å². The van der Waals surface area contributed by atoms with Crippen LogP contribution >= 0.6 is 43.6 Å². The summed E-state index contributed by atoms with van der Waals surface area (Å²) < 4.78 is 57.4. The van der Waals surface area contributed by atoms with E-state index in [4.69, 9.17) is 0 Å². The zero-order chi connectivity index (χ0) is 25.1. The molecule has 0 spiro atoms. The number of sulfonamides is 2. The highest BCUT2D eigenvalue weighted by molar-refractivity contribution is 9.10. The molecule has 35 heavy (non-hydrogen) atoms. The molecule has 6 nitrogen and oxygen atoms in total. The van der Waals surface area contributed by atoms with Gasteiger partial charge in [0.1, 0.15) is 0 Å². The smallest absolute Gasteiger partial charge is 0.261 e. The quantitative estimate of drug-likeness (QED) is 0.214. The zero-order valence-corrected chi connectivity index (χ0v) is 23.5. The summed E-state index contributed by atoms with van der Waals surface area (Å²) in [6.45, 7) is 0. The molecule has 0 aromatic heterocycles. The van der Waals surface area contributed by atoms with Gasteiger partial charge in [0.05, 0.1) is 9.79 Å². The molecule has 4 rings (SSSR count). The van der Waals surface area contributed by atoms with Gasteiger partial charge in [-0.1, -0.05) is 43.6 Å². The van der Waals surface area contributed by atoms with Crippen molar-refractivity contribution in [1.29, 1.82) is 0 Å². The second-order valence-corrected chi connectivity index (χ2v) is 13.6. The normalized spacial score (nSPS) is 11.7. The molecular formula is C24H18Br2N2O4S3. The number of nitrogens with one attached hydrogen (secondary N) is 2. The van der Waals surface area contributed by atoms with Gasteiger partial charge in [-0.25, -0.2) is 16.8 Å². The Morgan fingerprint density at radius 3 is 1.11 bits per heavy atom. The molecule has 0 radical (unpaired) electrons. The van der Waals surface area contributed by atoms with Crippen molar-refractivity contribution < 1.29 is 16.8 Å². The van der Waals surface area contributed by atoms with E-state index < -0.39 is 20.0 Å². The topological polar surface area (TPSA) is 92.3 Å². The monoisotopic (exact) mass is 652 g/mol. The Bertz CT molecular complexity index is 1410. The van der Waals surface area contributed by atoms with Crippen LogP contribution in [-0.4, -0.2) is 16.8 Å². The Morgan fingerprint density at radius 1 is 0.486 bits per heavy atom. The van der Waals surface area contributed by atoms with E-state index in [9.17, 15) is 16.8 Å². The number of rotatable bonds is 8. The summed E-state index contributed by atoms with van der Waals surface area (Å²) >= 11 is 8.04. The lowest BCUT2D eigenvalue weighted by molar-refractivity contribution is 0.599. The van der Waals surface area contributed by atoms with Crippen LogP contribution in [0.4, 0.5) is 11.4 Å². The van der Waals surface area contributed by atoms with Crippen LogP contribution in [0.15, 0.2) is 126 Å².